The molecule has 0 spiro atoms. The predicted molar refractivity (Wildman–Crippen MR) is 147 cm³/mol. The van der Waals surface area contributed by atoms with E-state index in [0.717, 1.165) is 0 Å². The summed E-state index contributed by atoms with van der Waals surface area (Å²) in [6.45, 7) is 3.41. The summed E-state index contributed by atoms with van der Waals surface area (Å²) in [7, 11) is -8.39. The van der Waals surface area contributed by atoms with E-state index in [1.165, 1.54) is 24.3 Å². The first kappa shape index (κ1) is 40.8. The number of aromatic nitrogens is 3. The maximum Gasteiger partial charge on any atom is 1.00 e. The first-order chi connectivity index (χ1) is 19.7. The molecule has 0 bridgehead atoms. The van der Waals surface area contributed by atoms with Crippen LogP contribution in [0.5, 0.6) is 5.75 Å². The SMILES string of the molecule is O=S(=O)([O-])O.[CH2-]CS(=O)(=O)c1ccc(N=Nc2c(SOO[O-])cc3cc(Nc4nc(Cl)nc(Cl)n4)ccc3c2O)cc1.[Na+].[Na+]. The number of aromatic hydroxyl groups is 1. The summed E-state index contributed by atoms with van der Waals surface area (Å²) < 4.78 is 61.1. The molecule has 0 aliphatic carbocycles. The van der Waals surface area contributed by atoms with Gasteiger partial charge in [0, 0.05) is 11.1 Å². The van der Waals surface area contributed by atoms with Gasteiger partial charge in [0.25, 0.3) is 0 Å². The minimum Gasteiger partial charge on any atom is -0.726 e. The quantitative estimate of drug-likeness (QED) is 0.0248. The minimum atomic E-state index is -4.92. The molecule has 4 aromatic rings. The number of sulfone groups is 1. The topological polar surface area (TPSA) is 249 Å². The van der Waals surface area contributed by atoms with Gasteiger partial charge in [-0.05, 0) is 77.1 Å². The van der Waals surface area contributed by atoms with Gasteiger partial charge in [-0.3, -0.25) is 9.59 Å². The van der Waals surface area contributed by atoms with Gasteiger partial charge >= 0.3 is 59.1 Å². The minimum absolute atomic E-state index is 0. The van der Waals surface area contributed by atoms with Crippen molar-refractivity contribution in [2.24, 2.45) is 10.2 Å². The van der Waals surface area contributed by atoms with Crippen LogP contribution in [-0.2, 0) is 29.6 Å². The third-order valence-corrected chi connectivity index (χ3v) is 7.25. The molecule has 1 heterocycles. The van der Waals surface area contributed by atoms with Gasteiger partial charge in [-0.2, -0.15) is 24.4 Å². The van der Waals surface area contributed by atoms with E-state index in [2.05, 4.69) is 46.8 Å². The number of azo groups is 1. The molecule has 0 radical (unpaired) electrons. The molecule has 44 heavy (non-hydrogen) atoms. The number of nitrogens with zero attached hydrogens (tertiary/aromatic N) is 5. The van der Waals surface area contributed by atoms with Gasteiger partial charge in [0.1, 0.15) is 5.69 Å². The van der Waals surface area contributed by atoms with Crippen LogP contribution in [0.1, 0.15) is 0 Å². The second-order valence-corrected chi connectivity index (χ2v) is 11.9. The first-order valence-corrected chi connectivity index (χ1v) is 15.2. The van der Waals surface area contributed by atoms with Crippen LogP contribution in [0.25, 0.3) is 10.8 Å². The summed E-state index contributed by atoms with van der Waals surface area (Å²) >= 11 is 12.1. The average Bonchev–Trinajstić information content (AvgIpc) is 2.90. The standard InChI is InChI=1S/C21H15Cl2N6O6S2.2Na.H2O4S/c1-2-37(32,33)14-6-3-12(4-7-14)28-29-17-16(36-35-34-31)10-11-9-13(5-8-15(11)18(17)30)24-21-26-19(22)25-20(23)27-21;;;1-5(2,3)4/h3-10,30-31H,1-2H2,(H,24,25,26,27);;;(H2,1,2,3,4)/q-1;2*+1;/p-2. The number of phenols is 1. The van der Waals surface area contributed by atoms with Crippen molar-refractivity contribution >= 4 is 89.3 Å². The molecule has 23 heteroatoms. The Labute approximate surface area is 308 Å². The van der Waals surface area contributed by atoms with Gasteiger partial charge in [-0.15, -0.1) is 5.11 Å². The normalized spacial score (nSPS) is 11.3. The molecule has 0 atom stereocenters. The summed E-state index contributed by atoms with van der Waals surface area (Å²) in [5, 5.41) is 36.6. The van der Waals surface area contributed by atoms with Crippen molar-refractivity contribution in [3.63, 3.8) is 0 Å². The summed E-state index contributed by atoms with van der Waals surface area (Å²) in [6.07, 6.45) is 0. The zero-order valence-corrected chi connectivity index (χ0v) is 30.4. The molecule has 0 saturated heterocycles. The van der Waals surface area contributed by atoms with Crippen molar-refractivity contribution in [1.82, 2.24) is 15.0 Å². The van der Waals surface area contributed by atoms with Crippen LogP contribution < -0.4 is 69.7 Å². The second kappa shape index (κ2) is 18.2. The van der Waals surface area contributed by atoms with E-state index in [0.29, 0.717) is 34.2 Å². The van der Waals surface area contributed by atoms with E-state index in [4.69, 9.17) is 40.7 Å². The van der Waals surface area contributed by atoms with E-state index in [-0.39, 0.29) is 103 Å². The number of halogens is 2. The fraction of sp³-hybridized carbons (Fsp3) is 0.0476. The number of benzene rings is 3. The van der Waals surface area contributed by atoms with Gasteiger partial charge in [-0.25, -0.2) is 16.8 Å². The number of hydrogen-bond donors (Lipinski definition) is 3. The van der Waals surface area contributed by atoms with Crippen LogP contribution in [0.4, 0.5) is 23.0 Å². The maximum absolute atomic E-state index is 11.9. The molecule has 0 fully saturated rings. The number of anilines is 2. The molecular weight excluding hydrogens is 709 g/mol. The summed E-state index contributed by atoms with van der Waals surface area (Å²) in [6, 6.07) is 12.1. The Morgan fingerprint density at radius 2 is 1.57 bits per heavy atom. The molecule has 3 N–H and O–H groups in total. The van der Waals surface area contributed by atoms with Crippen LogP contribution in [-0.4, -0.2) is 51.8 Å². The fourth-order valence-corrected chi connectivity index (χ4v) is 4.74. The van der Waals surface area contributed by atoms with Crippen molar-refractivity contribution in [2.75, 3.05) is 11.1 Å². The largest absolute Gasteiger partial charge is 1.00 e. The van der Waals surface area contributed by atoms with Gasteiger partial charge in [-0.1, -0.05) is 5.75 Å². The molecule has 0 unspecified atom stereocenters. The molecule has 0 aliphatic heterocycles. The molecule has 0 saturated carbocycles. The van der Waals surface area contributed by atoms with Gasteiger partial charge in [0.05, 0.1) is 27.5 Å². The van der Waals surface area contributed by atoms with E-state index < -0.39 is 20.2 Å². The van der Waals surface area contributed by atoms with E-state index in [1.54, 1.807) is 24.3 Å². The van der Waals surface area contributed by atoms with Crippen molar-refractivity contribution in [3.8, 4) is 5.75 Å². The Bertz CT molecular complexity index is 1810. The van der Waals surface area contributed by atoms with Crippen LogP contribution in [0.3, 0.4) is 0 Å². The summed E-state index contributed by atoms with van der Waals surface area (Å²) in [5.74, 6) is -0.437. The van der Waals surface area contributed by atoms with Gasteiger partial charge < -0.3 is 27.2 Å². The predicted octanol–water partition coefficient (Wildman–Crippen LogP) is -1.95. The van der Waals surface area contributed by atoms with E-state index in [9.17, 15) is 18.8 Å². The molecule has 16 nitrogen and oxygen atoms in total. The van der Waals surface area contributed by atoms with Crippen LogP contribution in [0.2, 0.25) is 10.6 Å². The molecule has 224 valence electrons. The Kier molecular flexibility index (Phi) is 16.9. The molecule has 0 aliphatic rings. The van der Waals surface area contributed by atoms with Crippen molar-refractivity contribution in [1.29, 1.82) is 0 Å². The summed E-state index contributed by atoms with van der Waals surface area (Å²) in [5.41, 5.74) is 0.822. The second-order valence-electron chi connectivity index (χ2n) is 7.49. The third kappa shape index (κ3) is 12.5. The smallest absolute Gasteiger partial charge is 0.726 e. The first-order valence-electron chi connectivity index (χ1n) is 10.7. The Balaban J connectivity index is 0.00000128. The average molecular weight is 724 g/mol. The van der Waals surface area contributed by atoms with Crippen molar-refractivity contribution in [3.05, 3.63) is 66.0 Å². The zero-order chi connectivity index (χ0) is 31.1. The monoisotopic (exact) mass is 723 g/mol. The van der Waals surface area contributed by atoms with Crippen molar-refractivity contribution in [2.45, 2.75) is 9.79 Å². The van der Waals surface area contributed by atoms with Crippen LogP contribution in [0, 0.1) is 6.92 Å². The Hall–Kier alpha value is -1.24. The third-order valence-electron chi connectivity index (χ3n) is 4.77. The molecule has 0 amide bonds. The molecule has 4 rings (SSSR count). The molecule has 1 aromatic heterocycles. The fourth-order valence-electron chi connectivity index (χ4n) is 3.10. The van der Waals surface area contributed by atoms with E-state index >= 15 is 0 Å². The number of phenolic OH excluding ortho intramolecular Hbond substituents is 1. The van der Waals surface area contributed by atoms with Gasteiger partial charge in [0.15, 0.2) is 15.6 Å². The zero-order valence-electron chi connectivity index (χ0n) is 22.4. The van der Waals surface area contributed by atoms with Crippen LogP contribution in [0.15, 0.2) is 68.6 Å². The number of nitrogens with one attached hydrogen (secondary N) is 1. The van der Waals surface area contributed by atoms with Gasteiger partial charge in [0.2, 0.25) is 26.9 Å². The molecule has 3 aromatic carbocycles. The summed E-state index contributed by atoms with van der Waals surface area (Å²) in [4.78, 5) is 11.8. The Morgan fingerprint density at radius 1 is 0.977 bits per heavy atom. The number of rotatable bonds is 9. The number of hydrogen-bond acceptors (Lipinski definition) is 16. The van der Waals surface area contributed by atoms with Crippen LogP contribution >= 0.6 is 35.2 Å². The van der Waals surface area contributed by atoms with Crippen molar-refractivity contribution < 1.29 is 105 Å². The number of fused-ring (bicyclic) bond motifs is 1. The Morgan fingerprint density at radius 3 is 2.11 bits per heavy atom. The van der Waals surface area contributed by atoms with E-state index in [1.807, 2.05) is 0 Å². The molecular formula is C21H15Cl2N6Na2O10S3-. The maximum atomic E-state index is 11.9.